The number of hydroxylamine groups is 2. The molecule has 23 heavy (non-hydrogen) atoms. The Balaban J connectivity index is 1.49. The highest BCUT2D eigenvalue weighted by Crippen LogP contribution is 2.39. The lowest BCUT2D eigenvalue weighted by Gasteiger charge is -2.43. The van der Waals surface area contributed by atoms with Crippen LogP contribution in [0.25, 0.3) is 0 Å². The van der Waals surface area contributed by atoms with E-state index in [1.165, 1.54) is 0 Å². The van der Waals surface area contributed by atoms with E-state index in [0.29, 0.717) is 12.3 Å². The number of hydrogen-bond donors (Lipinski definition) is 0. The van der Waals surface area contributed by atoms with Gasteiger partial charge in [-0.3, -0.25) is 9.63 Å². The van der Waals surface area contributed by atoms with Gasteiger partial charge in [-0.15, -0.1) is 0 Å². The molecule has 1 unspecified atom stereocenters. The van der Waals surface area contributed by atoms with Crippen LogP contribution in [0.3, 0.4) is 0 Å². The van der Waals surface area contributed by atoms with Crippen molar-refractivity contribution in [3.63, 3.8) is 0 Å². The van der Waals surface area contributed by atoms with Crippen molar-refractivity contribution < 1.29 is 14.0 Å². The van der Waals surface area contributed by atoms with Crippen molar-refractivity contribution in [3.8, 4) is 0 Å². The summed E-state index contributed by atoms with van der Waals surface area (Å²) in [6.07, 6.45) is 4.70. The molecule has 5 nitrogen and oxygen atoms in total. The Hall–Kier alpha value is -1.33. The highest BCUT2D eigenvalue weighted by Gasteiger charge is 2.47. The summed E-state index contributed by atoms with van der Waals surface area (Å²) < 4.78 is 5.72. The second-order valence-electron chi connectivity index (χ2n) is 7.07. The van der Waals surface area contributed by atoms with E-state index in [0.717, 1.165) is 56.8 Å². The Kier molecular flexibility index (Phi) is 4.78. The van der Waals surface area contributed by atoms with Crippen LogP contribution in [0.1, 0.15) is 56.5 Å². The van der Waals surface area contributed by atoms with Crippen LogP contribution in [0.4, 0.5) is 0 Å². The Morgan fingerprint density at radius 1 is 1.30 bits per heavy atom. The minimum absolute atomic E-state index is 0.0495. The number of carbonyl (C=O) groups is 1. The molecule has 2 saturated heterocycles. The molecule has 0 saturated carbocycles. The highest BCUT2D eigenvalue weighted by atomic mass is 16.7. The summed E-state index contributed by atoms with van der Waals surface area (Å²) in [6, 6.07) is 4.12. The van der Waals surface area contributed by atoms with E-state index < -0.39 is 0 Å². The number of piperidine rings is 1. The number of nitrogens with zero attached hydrogens (tertiary/aromatic N) is 2. The molecular formula is C18H28N2O3. The van der Waals surface area contributed by atoms with Gasteiger partial charge in [0.05, 0.1) is 12.6 Å². The van der Waals surface area contributed by atoms with E-state index in [9.17, 15) is 4.79 Å². The van der Waals surface area contributed by atoms with Crippen molar-refractivity contribution in [2.24, 2.45) is 0 Å². The van der Waals surface area contributed by atoms with Crippen LogP contribution < -0.4 is 0 Å². The lowest BCUT2D eigenvalue weighted by molar-refractivity contribution is -0.202. The number of rotatable bonds is 5. The van der Waals surface area contributed by atoms with Crippen LogP contribution in [0.2, 0.25) is 0 Å². The van der Waals surface area contributed by atoms with Gasteiger partial charge < -0.3 is 9.32 Å². The first-order chi connectivity index (χ1) is 11.0. The number of hydrogen-bond acceptors (Lipinski definition) is 4. The van der Waals surface area contributed by atoms with Crippen molar-refractivity contribution >= 4 is 5.91 Å². The fourth-order valence-electron chi connectivity index (χ4n) is 3.99. The summed E-state index contributed by atoms with van der Waals surface area (Å²) >= 11 is 0. The molecule has 2 aliphatic heterocycles. The molecule has 1 spiro atoms. The molecule has 1 aromatic rings. The zero-order valence-corrected chi connectivity index (χ0v) is 14.5. The van der Waals surface area contributed by atoms with Crippen molar-refractivity contribution in [2.45, 2.75) is 57.4 Å². The van der Waals surface area contributed by atoms with Crippen molar-refractivity contribution in [3.05, 3.63) is 23.7 Å². The molecule has 2 fully saturated rings. The van der Waals surface area contributed by atoms with Gasteiger partial charge in [0, 0.05) is 25.4 Å². The van der Waals surface area contributed by atoms with Crippen molar-refractivity contribution in [1.29, 1.82) is 0 Å². The molecule has 0 bridgehead atoms. The Bertz CT molecular complexity index is 546. The maximum Gasteiger partial charge on any atom is 0.246 e. The first-order valence-corrected chi connectivity index (χ1v) is 8.70. The lowest BCUT2D eigenvalue weighted by atomic mass is 9.86. The molecule has 0 radical (unpaired) electrons. The second-order valence-corrected chi connectivity index (χ2v) is 7.07. The number of aryl methyl sites for hydroxylation is 1. The third-order valence-corrected chi connectivity index (χ3v) is 5.56. The number of furan rings is 1. The number of carbonyl (C=O) groups excluding carboxylic acids is 1. The Morgan fingerprint density at radius 3 is 2.65 bits per heavy atom. The monoisotopic (exact) mass is 320 g/mol. The molecular weight excluding hydrogens is 292 g/mol. The van der Waals surface area contributed by atoms with E-state index >= 15 is 0 Å². The summed E-state index contributed by atoms with van der Waals surface area (Å²) in [7, 11) is 1.62. The van der Waals surface area contributed by atoms with Crippen molar-refractivity contribution in [1.82, 2.24) is 9.96 Å². The van der Waals surface area contributed by atoms with E-state index in [1.54, 1.807) is 12.2 Å². The van der Waals surface area contributed by atoms with Crippen LogP contribution >= 0.6 is 0 Å². The number of likely N-dealkylation sites (tertiary alicyclic amines) is 1. The second kappa shape index (κ2) is 6.65. The first-order valence-electron chi connectivity index (χ1n) is 8.70. The van der Waals surface area contributed by atoms with E-state index in [1.807, 2.05) is 13.0 Å². The molecule has 0 N–H and O–H groups in total. The average molecular weight is 320 g/mol. The SMILES string of the molecule is CON1C(=O)CCC12CCN(CCC(C)c1ccc(C)o1)CC2. The first kappa shape index (κ1) is 16.5. The van der Waals surface area contributed by atoms with Gasteiger partial charge >= 0.3 is 0 Å². The standard InChI is InChI=1S/C18H28N2O3/c1-14(16-5-4-15(2)23-16)7-11-19-12-9-18(10-13-19)8-6-17(21)20(18)22-3/h4-5,14H,6-13H2,1-3H3. The fraction of sp³-hybridized carbons (Fsp3) is 0.722. The summed E-state index contributed by atoms with van der Waals surface area (Å²) in [6.45, 7) is 7.38. The molecule has 1 atom stereocenters. The van der Waals surface area contributed by atoms with Gasteiger partial charge in [-0.05, 0) is 51.3 Å². The Morgan fingerprint density at radius 2 is 2.04 bits per heavy atom. The largest absolute Gasteiger partial charge is 0.466 e. The number of amides is 1. The van der Waals surface area contributed by atoms with E-state index in [2.05, 4.69) is 17.9 Å². The molecule has 3 heterocycles. The quantitative estimate of drug-likeness (QED) is 0.836. The lowest BCUT2D eigenvalue weighted by Crippen LogP contribution is -2.52. The molecule has 5 heteroatoms. The minimum atomic E-state index is -0.0495. The minimum Gasteiger partial charge on any atom is -0.466 e. The van der Waals surface area contributed by atoms with Gasteiger partial charge in [0.25, 0.3) is 0 Å². The summed E-state index contributed by atoms with van der Waals surface area (Å²) in [5, 5.41) is 1.65. The van der Waals surface area contributed by atoms with Gasteiger partial charge in [0.2, 0.25) is 5.91 Å². The van der Waals surface area contributed by atoms with Gasteiger partial charge in [-0.25, -0.2) is 5.06 Å². The normalized spacial score (nSPS) is 22.9. The third kappa shape index (κ3) is 3.31. The maximum absolute atomic E-state index is 11.9. The van der Waals surface area contributed by atoms with E-state index in [4.69, 9.17) is 9.25 Å². The van der Waals surface area contributed by atoms with Crippen LogP contribution in [0, 0.1) is 6.92 Å². The molecule has 2 aliphatic rings. The molecule has 128 valence electrons. The van der Waals surface area contributed by atoms with Crippen LogP contribution in [-0.2, 0) is 9.63 Å². The molecule has 1 aromatic heterocycles. The van der Waals surface area contributed by atoms with Crippen LogP contribution in [0.5, 0.6) is 0 Å². The molecule has 1 amide bonds. The van der Waals surface area contributed by atoms with E-state index in [-0.39, 0.29) is 11.4 Å². The van der Waals surface area contributed by atoms with Gasteiger partial charge in [0.15, 0.2) is 0 Å². The molecule has 0 aliphatic carbocycles. The topological polar surface area (TPSA) is 45.9 Å². The molecule has 3 rings (SSSR count). The summed E-state index contributed by atoms with van der Waals surface area (Å²) in [5.74, 6) is 2.66. The predicted molar refractivity (Wildman–Crippen MR) is 88.0 cm³/mol. The zero-order valence-electron chi connectivity index (χ0n) is 14.5. The van der Waals surface area contributed by atoms with Gasteiger partial charge in [-0.1, -0.05) is 6.92 Å². The maximum atomic E-state index is 11.9. The van der Waals surface area contributed by atoms with Crippen LogP contribution in [-0.4, -0.2) is 48.2 Å². The summed E-state index contributed by atoms with van der Waals surface area (Å²) in [5.41, 5.74) is -0.0495. The molecule has 0 aromatic carbocycles. The average Bonchev–Trinajstić information content (AvgIpc) is 3.11. The summed E-state index contributed by atoms with van der Waals surface area (Å²) in [4.78, 5) is 19.8. The van der Waals surface area contributed by atoms with Crippen molar-refractivity contribution in [2.75, 3.05) is 26.7 Å². The fourth-order valence-corrected chi connectivity index (χ4v) is 3.99. The highest BCUT2D eigenvalue weighted by molar-refractivity contribution is 5.78. The van der Waals surface area contributed by atoms with Gasteiger partial charge in [-0.2, -0.15) is 0 Å². The third-order valence-electron chi connectivity index (χ3n) is 5.56. The smallest absolute Gasteiger partial charge is 0.246 e. The Labute approximate surface area is 138 Å². The van der Waals surface area contributed by atoms with Gasteiger partial charge in [0.1, 0.15) is 11.5 Å². The zero-order chi connectivity index (χ0) is 16.4. The van der Waals surface area contributed by atoms with Crippen LogP contribution in [0.15, 0.2) is 16.5 Å². The predicted octanol–water partition coefficient (Wildman–Crippen LogP) is 3.10.